The number of ether oxygens (including phenoxy) is 1. The van der Waals surface area contributed by atoms with Gasteiger partial charge in [0, 0.05) is 12.1 Å². The molecule has 0 atom stereocenters. The van der Waals surface area contributed by atoms with Crippen LogP contribution in [0.15, 0.2) is 18.2 Å². The van der Waals surface area contributed by atoms with Gasteiger partial charge in [-0.1, -0.05) is 20.8 Å². The molecular formula is C12H16FNO3. The van der Waals surface area contributed by atoms with Crippen LogP contribution < -0.4 is 4.74 Å². The quantitative estimate of drug-likeness (QED) is 0.598. The van der Waals surface area contributed by atoms with Gasteiger partial charge in [0.15, 0.2) is 5.75 Å². The van der Waals surface area contributed by atoms with Crippen LogP contribution in [0.4, 0.5) is 10.1 Å². The third kappa shape index (κ3) is 4.38. The van der Waals surface area contributed by atoms with Crippen LogP contribution in [0.2, 0.25) is 0 Å². The molecule has 0 bridgehead atoms. The maximum Gasteiger partial charge on any atom is 0.311 e. The Kier molecular flexibility index (Phi) is 4.04. The first-order chi connectivity index (χ1) is 7.79. The van der Waals surface area contributed by atoms with Gasteiger partial charge in [-0.2, -0.15) is 0 Å². The summed E-state index contributed by atoms with van der Waals surface area (Å²) in [6.45, 7) is 6.44. The number of rotatable bonds is 4. The standard InChI is InChI=1S/C12H16FNO3/c1-12(2,3)6-7-17-11-8-9(13)4-5-10(11)14(15)16/h4-5,8H,6-7H2,1-3H3. The molecule has 0 heterocycles. The second kappa shape index (κ2) is 5.12. The molecule has 0 N–H and O–H groups in total. The maximum absolute atomic E-state index is 13.0. The Bertz CT molecular complexity index is 413. The molecule has 0 aliphatic rings. The Morgan fingerprint density at radius 3 is 2.59 bits per heavy atom. The molecule has 0 saturated heterocycles. The van der Waals surface area contributed by atoms with Crippen LogP contribution in [0.3, 0.4) is 0 Å². The van der Waals surface area contributed by atoms with E-state index in [-0.39, 0.29) is 16.9 Å². The lowest BCUT2D eigenvalue weighted by Gasteiger charge is -2.17. The zero-order valence-corrected chi connectivity index (χ0v) is 10.2. The van der Waals surface area contributed by atoms with Crippen LogP contribution in [0.25, 0.3) is 0 Å². The Hall–Kier alpha value is -1.65. The van der Waals surface area contributed by atoms with Gasteiger partial charge in [-0.05, 0) is 17.9 Å². The lowest BCUT2D eigenvalue weighted by molar-refractivity contribution is -0.385. The molecule has 0 aromatic heterocycles. The number of benzene rings is 1. The van der Waals surface area contributed by atoms with E-state index in [1.807, 2.05) is 20.8 Å². The third-order valence-electron chi connectivity index (χ3n) is 2.23. The largest absolute Gasteiger partial charge is 0.487 e. The Labute approximate surface area is 99.6 Å². The highest BCUT2D eigenvalue weighted by Crippen LogP contribution is 2.28. The maximum atomic E-state index is 13.0. The van der Waals surface area contributed by atoms with Crippen LogP contribution >= 0.6 is 0 Å². The summed E-state index contributed by atoms with van der Waals surface area (Å²) in [4.78, 5) is 10.1. The molecular weight excluding hydrogens is 225 g/mol. The highest BCUT2D eigenvalue weighted by molar-refractivity contribution is 5.46. The topological polar surface area (TPSA) is 52.4 Å². The van der Waals surface area contributed by atoms with Gasteiger partial charge in [-0.15, -0.1) is 0 Å². The van der Waals surface area contributed by atoms with Crippen molar-refractivity contribution in [2.24, 2.45) is 5.41 Å². The smallest absolute Gasteiger partial charge is 0.311 e. The van der Waals surface area contributed by atoms with Crippen molar-refractivity contribution in [1.29, 1.82) is 0 Å². The SMILES string of the molecule is CC(C)(C)CCOc1cc(F)ccc1[N+](=O)[O-]. The predicted molar refractivity (Wildman–Crippen MR) is 62.6 cm³/mol. The summed E-state index contributed by atoms with van der Waals surface area (Å²) in [5, 5.41) is 10.7. The fraction of sp³-hybridized carbons (Fsp3) is 0.500. The van der Waals surface area contributed by atoms with Crippen molar-refractivity contribution >= 4 is 5.69 Å². The number of nitro benzene ring substituents is 1. The summed E-state index contributed by atoms with van der Waals surface area (Å²) in [6, 6.07) is 3.21. The Morgan fingerprint density at radius 2 is 2.06 bits per heavy atom. The third-order valence-corrected chi connectivity index (χ3v) is 2.23. The van der Waals surface area contributed by atoms with Gasteiger partial charge in [0.25, 0.3) is 0 Å². The van der Waals surface area contributed by atoms with Gasteiger partial charge in [0.2, 0.25) is 0 Å². The molecule has 0 fully saturated rings. The zero-order valence-electron chi connectivity index (χ0n) is 10.2. The van der Waals surface area contributed by atoms with E-state index in [2.05, 4.69) is 0 Å². The Morgan fingerprint density at radius 1 is 1.41 bits per heavy atom. The molecule has 0 saturated carbocycles. The summed E-state index contributed by atoms with van der Waals surface area (Å²) in [5.41, 5.74) is -0.137. The number of nitrogens with zero attached hydrogens (tertiary/aromatic N) is 1. The van der Waals surface area contributed by atoms with E-state index in [0.29, 0.717) is 6.61 Å². The summed E-state index contributed by atoms with van der Waals surface area (Å²) in [6.07, 6.45) is 0.737. The predicted octanol–water partition coefficient (Wildman–Crippen LogP) is 3.55. The minimum absolute atomic E-state index is 0.0146. The summed E-state index contributed by atoms with van der Waals surface area (Å²) in [5.74, 6) is -0.555. The van der Waals surface area contributed by atoms with Crippen LogP contribution in [0.5, 0.6) is 5.75 Å². The minimum Gasteiger partial charge on any atom is -0.487 e. The molecule has 17 heavy (non-hydrogen) atoms. The number of hydrogen-bond donors (Lipinski definition) is 0. The lowest BCUT2D eigenvalue weighted by atomic mass is 9.93. The second-order valence-corrected chi connectivity index (χ2v) is 5.03. The van der Waals surface area contributed by atoms with E-state index >= 15 is 0 Å². The van der Waals surface area contributed by atoms with Crippen molar-refractivity contribution in [2.45, 2.75) is 27.2 Å². The van der Waals surface area contributed by atoms with Crippen LogP contribution in [0.1, 0.15) is 27.2 Å². The first-order valence-corrected chi connectivity index (χ1v) is 5.36. The van der Waals surface area contributed by atoms with Gasteiger partial charge in [0.1, 0.15) is 5.82 Å². The minimum atomic E-state index is -0.578. The van der Waals surface area contributed by atoms with Crippen molar-refractivity contribution in [3.8, 4) is 5.75 Å². The molecule has 1 aromatic carbocycles. The van der Waals surface area contributed by atoms with E-state index in [0.717, 1.165) is 24.6 Å². The van der Waals surface area contributed by atoms with Crippen molar-refractivity contribution in [1.82, 2.24) is 0 Å². The normalized spacial score (nSPS) is 11.3. The van der Waals surface area contributed by atoms with Crippen molar-refractivity contribution in [2.75, 3.05) is 6.61 Å². The van der Waals surface area contributed by atoms with E-state index < -0.39 is 10.7 Å². The number of halogens is 1. The summed E-state index contributed by atoms with van der Waals surface area (Å²) >= 11 is 0. The summed E-state index contributed by atoms with van der Waals surface area (Å²) in [7, 11) is 0. The van der Waals surface area contributed by atoms with Crippen LogP contribution in [-0.2, 0) is 0 Å². The fourth-order valence-electron chi connectivity index (χ4n) is 1.22. The first kappa shape index (κ1) is 13.4. The van der Waals surface area contributed by atoms with Gasteiger partial charge >= 0.3 is 5.69 Å². The Balaban J connectivity index is 2.75. The van der Waals surface area contributed by atoms with Crippen LogP contribution in [0, 0.1) is 21.3 Å². The highest BCUT2D eigenvalue weighted by atomic mass is 19.1. The van der Waals surface area contributed by atoms with Gasteiger partial charge < -0.3 is 4.74 Å². The highest BCUT2D eigenvalue weighted by Gasteiger charge is 2.17. The van der Waals surface area contributed by atoms with E-state index in [1.165, 1.54) is 0 Å². The molecule has 1 rings (SSSR count). The lowest BCUT2D eigenvalue weighted by Crippen LogP contribution is -2.11. The average molecular weight is 241 g/mol. The van der Waals surface area contributed by atoms with Crippen LogP contribution in [-0.4, -0.2) is 11.5 Å². The number of nitro groups is 1. The molecule has 0 aliphatic heterocycles. The molecule has 0 unspecified atom stereocenters. The van der Waals surface area contributed by atoms with Crippen molar-refractivity contribution in [3.05, 3.63) is 34.1 Å². The molecule has 5 heteroatoms. The molecule has 0 spiro atoms. The van der Waals surface area contributed by atoms with Crippen molar-refractivity contribution < 1.29 is 14.1 Å². The monoisotopic (exact) mass is 241 g/mol. The van der Waals surface area contributed by atoms with E-state index in [9.17, 15) is 14.5 Å². The van der Waals surface area contributed by atoms with Gasteiger partial charge in [-0.25, -0.2) is 4.39 Å². The molecule has 0 aliphatic carbocycles. The molecule has 1 aromatic rings. The molecule has 4 nitrogen and oxygen atoms in total. The van der Waals surface area contributed by atoms with E-state index in [4.69, 9.17) is 4.74 Å². The molecule has 94 valence electrons. The summed E-state index contributed by atoms with van der Waals surface area (Å²) < 4.78 is 18.2. The first-order valence-electron chi connectivity index (χ1n) is 5.36. The number of hydrogen-bond acceptors (Lipinski definition) is 3. The fourth-order valence-corrected chi connectivity index (χ4v) is 1.22. The second-order valence-electron chi connectivity index (χ2n) is 5.03. The average Bonchev–Trinajstić information content (AvgIpc) is 2.15. The zero-order chi connectivity index (χ0) is 13.1. The van der Waals surface area contributed by atoms with E-state index in [1.54, 1.807) is 0 Å². The molecule has 0 amide bonds. The molecule has 0 radical (unpaired) electrons. The van der Waals surface area contributed by atoms with Gasteiger partial charge in [0.05, 0.1) is 11.5 Å². The van der Waals surface area contributed by atoms with Gasteiger partial charge in [-0.3, -0.25) is 10.1 Å². The van der Waals surface area contributed by atoms with Crippen molar-refractivity contribution in [3.63, 3.8) is 0 Å².